The van der Waals surface area contributed by atoms with E-state index < -0.39 is 10.0 Å². The van der Waals surface area contributed by atoms with E-state index in [1.165, 1.54) is 6.20 Å². The van der Waals surface area contributed by atoms with E-state index in [1.807, 2.05) is 0 Å². The van der Waals surface area contributed by atoms with Gasteiger partial charge in [0, 0.05) is 11.9 Å². The van der Waals surface area contributed by atoms with Gasteiger partial charge < -0.3 is 5.32 Å². The normalized spacial score (nSPS) is 9.94. The molecule has 18 heavy (non-hydrogen) atoms. The van der Waals surface area contributed by atoms with Gasteiger partial charge in [0.25, 0.3) is 0 Å². The van der Waals surface area contributed by atoms with Gasteiger partial charge in [0.2, 0.25) is 10.0 Å². The Balaban J connectivity index is 2.88. The van der Waals surface area contributed by atoms with Gasteiger partial charge in [-0.2, -0.15) is 10.5 Å². The number of hydrogen-bond acceptors (Lipinski definition) is 5. The van der Waals surface area contributed by atoms with E-state index in [9.17, 15) is 8.42 Å². The molecule has 0 bridgehead atoms. The number of primary sulfonamides is 1. The van der Waals surface area contributed by atoms with Crippen LogP contribution in [-0.2, 0) is 15.8 Å². The van der Waals surface area contributed by atoms with Crippen molar-refractivity contribution in [2.75, 3.05) is 5.32 Å². The van der Waals surface area contributed by atoms with E-state index >= 15 is 0 Å². The van der Waals surface area contributed by atoms with Crippen LogP contribution in [0.25, 0.3) is 0 Å². The molecule has 0 amide bonds. The highest BCUT2D eigenvalue weighted by Crippen LogP contribution is 2.12. The van der Waals surface area contributed by atoms with Crippen molar-refractivity contribution in [2.24, 2.45) is 5.14 Å². The largest absolute Gasteiger partial charge is 0.360 e. The van der Waals surface area contributed by atoms with Crippen LogP contribution in [0, 0.1) is 22.7 Å². The first-order valence-corrected chi connectivity index (χ1v) is 6.52. The van der Waals surface area contributed by atoms with Gasteiger partial charge in [-0.25, -0.2) is 13.6 Å². The molecule has 6 nitrogen and oxygen atoms in total. The van der Waals surface area contributed by atoms with E-state index in [-0.39, 0.29) is 11.3 Å². The average molecular weight is 262 g/mol. The molecular formula is C11H10N4O2S. The second-order valence-corrected chi connectivity index (χ2v) is 5.05. The summed E-state index contributed by atoms with van der Waals surface area (Å²) < 4.78 is 21.9. The fourth-order valence-corrected chi connectivity index (χ4v) is 1.87. The van der Waals surface area contributed by atoms with Gasteiger partial charge >= 0.3 is 0 Å². The van der Waals surface area contributed by atoms with Crippen molar-refractivity contribution < 1.29 is 8.42 Å². The fraction of sp³-hybridized carbons (Fsp3) is 0.0909. The van der Waals surface area contributed by atoms with Crippen molar-refractivity contribution in [1.29, 1.82) is 10.5 Å². The topological polar surface area (TPSA) is 120 Å². The van der Waals surface area contributed by atoms with Crippen LogP contribution in [0.4, 0.5) is 5.69 Å². The van der Waals surface area contributed by atoms with Crippen molar-refractivity contribution in [3.05, 3.63) is 41.6 Å². The highest BCUT2D eigenvalue weighted by molar-refractivity contribution is 7.88. The SMILES string of the molecule is N#CC(C#N)=CNc1cccc(CS(N)(=O)=O)c1. The maximum Gasteiger partial charge on any atom is 0.213 e. The lowest BCUT2D eigenvalue weighted by Gasteiger charge is -2.04. The summed E-state index contributed by atoms with van der Waals surface area (Å²) in [5.41, 5.74) is 1.01. The molecule has 1 aromatic carbocycles. The van der Waals surface area contributed by atoms with Crippen LogP contribution in [0.3, 0.4) is 0 Å². The van der Waals surface area contributed by atoms with Crippen LogP contribution in [-0.4, -0.2) is 8.42 Å². The van der Waals surface area contributed by atoms with Gasteiger partial charge in [0.15, 0.2) is 0 Å². The summed E-state index contributed by atoms with van der Waals surface area (Å²) in [6.45, 7) is 0. The van der Waals surface area contributed by atoms with Gasteiger partial charge in [-0.1, -0.05) is 12.1 Å². The molecule has 0 unspecified atom stereocenters. The van der Waals surface area contributed by atoms with Crippen LogP contribution in [0.1, 0.15) is 5.56 Å². The molecule has 0 aliphatic heterocycles. The zero-order chi connectivity index (χ0) is 13.6. The molecule has 92 valence electrons. The van der Waals surface area contributed by atoms with E-state index in [0.29, 0.717) is 11.3 Å². The fourth-order valence-electron chi connectivity index (χ4n) is 1.23. The van der Waals surface area contributed by atoms with Gasteiger partial charge in [-0.3, -0.25) is 0 Å². The van der Waals surface area contributed by atoms with Crippen molar-refractivity contribution in [3.63, 3.8) is 0 Å². The maximum atomic E-state index is 10.9. The first kappa shape index (κ1) is 13.7. The Morgan fingerprint density at radius 2 is 2.06 bits per heavy atom. The number of rotatable bonds is 4. The van der Waals surface area contributed by atoms with Crippen LogP contribution in [0.15, 0.2) is 36.0 Å². The molecule has 7 heteroatoms. The lowest BCUT2D eigenvalue weighted by atomic mass is 10.2. The second-order valence-electron chi connectivity index (χ2n) is 3.43. The lowest BCUT2D eigenvalue weighted by molar-refractivity contribution is 0.597. The van der Waals surface area contributed by atoms with Gasteiger partial charge in [-0.05, 0) is 17.7 Å². The Labute approximate surface area is 105 Å². The molecule has 3 N–H and O–H groups in total. The molecule has 0 aliphatic carbocycles. The number of hydrogen-bond donors (Lipinski definition) is 2. The highest BCUT2D eigenvalue weighted by Gasteiger charge is 2.05. The molecule has 0 atom stereocenters. The lowest BCUT2D eigenvalue weighted by Crippen LogP contribution is -2.14. The Morgan fingerprint density at radius 3 is 2.61 bits per heavy atom. The van der Waals surface area contributed by atoms with Crippen molar-refractivity contribution in [3.8, 4) is 12.1 Å². The zero-order valence-electron chi connectivity index (χ0n) is 9.29. The molecule has 1 aromatic rings. The molecular weight excluding hydrogens is 252 g/mol. The summed E-state index contributed by atoms with van der Waals surface area (Å²) in [5, 5.41) is 24.7. The summed E-state index contributed by atoms with van der Waals surface area (Å²) in [7, 11) is -3.58. The van der Waals surface area contributed by atoms with Gasteiger partial charge in [0.05, 0.1) is 5.75 Å². The van der Waals surface area contributed by atoms with E-state index in [0.717, 1.165) is 0 Å². The summed E-state index contributed by atoms with van der Waals surface area (Å²) in [6, 6.07) is 9.91. The summed E-state index contributed by atoms with van der Waals surface area (Å²) in [6.07, 6.45) is 1.25. The van der Waals surface area contributed by atoms with E-state index in [1.54, 1.807) is 36.4 Å². The minimum atomic E-state index is -3.58. The number of allylic oxidation sites excluding steroid dienone is 1. The number of anilines is 1. The third kappa shape index (κ3) is 4.66. The molecule has 0 saturated carbocycles. The monoisotopic (exact) mass is 262 g/mol. The van der Waals surface area contributed by atoms with Crippen LogP contribution < -0.4 is 10.5 Å². The molecule has 0 heterocycles. The third-order valence-corrected chi connectivity index (χ3v) is 2.65. The number of nitrogens with one attached hydrogen (secondary N) is 1. The first-order valence-electron chi connectivity index (χ1n) is 4.81. The molecule has 1 rings (SSSR count). The molecule has 0 radical (unpaired) electrons. The minimum Gasteiger partial charge on any atom is -0.360 e. The summed E-state index contributed by atoms with van der Waals surface area (Å²) in [5.74, 6) is -0.268. The van der Waals surface area contributed by atoms with Crippen LogP contribution >= 0.6 is 0 Å². The quantitative estimate of drug-likeness (QED) is 0.778. The van der Waals surface area contributed by atoms with E-state index in [4.69, 9.17) is 15.7 Å². The predicted molar refractivity (Wildman–Crippen MR) is 66.2 cm³/mol. The molecule has 0 aromatic heterocycles. The number of nitriles is 2. The third-order valence-electron chi connectivity index (χ3n) is 1.92. The predicted octanol–water partition coefficient (Wildman–Crippen LogP) is 0.818. The van der Waals surface area contributed by atoms with Crippen LogP contribution in [0.5, 0.6) is 0 Å². The smallest absolute Gasteiger partial charge is 0.213 e. The highest BCUT2D eigenvalue weighted by atomic mass is 32.2. The average Bonchev–Trinajstić information content (AvgIpc) is 2.28. The Morgan fingerprint density at radius 1 is 1.39 bits per heavy atom. The number of nitrogens with zero attached hydrogens (tertiary/aromatic N) is 2. The van der Waals surface area contributed by atoms with Crippen molar-refractivity contribution >= 4 is 15.7 Å². The Hall–Kier alpha value is -2.35. The summed E-state index contributed by atoms with van der Waals surface area (Å²) >= 11 is 0. The van der Waals surface area contributed by atoms with Crippen molar-refractivity contribution in [1.82, 2.24) is 0 Å². The molecule has 0 fully saturated rings. The standard InChI is InChI=1S/C11H10N4O2S/c12-5-10(6-13)7-15-11-3-1-2-9(4-11)8-18(14,16)17/h1-4,7,15H,8H2,(H2,14,16,17). The number of sulfonamides is 1. The molecule has 0 spiro atoms. The van der Waals surface area contributed by atoms with Crippen molar-refractivity contribution in [2.45, 2.75) is 5.75 Å². The number of benzene rings is 1. The van der Waals surface area contributed by atoms with Gasteiger partial charge in [0.1, 0.15) is 17.7 Å². The minimum absolute atomic E-state index is 0.0770. The van der Waals surface area contributed by atoms with E-state index in [2.05, 4.69) is 5.32 Å². The zero-order valence-corrected chi connectivity index (χ0v) is 10.1. The van der Waals surface area contributed by atoms with Crippen LogP contribution in [0.2, 0.25) is 0 Å². The molecule has 0 saturated heterocycles. The second kappa shape index (κ2) is 5.82. The van der Waals surface area contributed by atoms with Gasteiger partial charge in [-0.15, -0.1) is 0 Å². The summed E-state index contributed by atoms with van der Waals surface area (Å²) in [4.78, 5) is 0. The molecule has 0 aliphatic rings. The maximum absolute atomic E-state index is 10.9. The number of nitrogens with two attached hydrogens (primary N) is 1. The Kier molecular flexibility index (Phi) is 4.44. The first-order chi connectivity index (χ1) is 8.44. The Bertz CT molecular complexity index is 634.